The fourth-order valence-electron chi connectivity index (χ4n) is 3.40. The van der Waals surface area contributed by atoms with Gasteiger partial charge in [-0.3, -0.25) is 9.50 Å². The first-order valence-electron chi connectivity index (χ1n) is 8.19. The molecule has 0 saturated carbocycles. The highest BCUT2D eigenvalue weighted by Crippen LogP contribution is 2.29. The number of aryl methyl sites for hydroxylation is 1. The summed E-state index contributed by atoms with van der Waals surface area (Å²) in [6, 6.07) is 18.8. The Hall–Kier alpha value is -3.41. The van der Waals surface area contributed by atoms with Crippen LogP contribution in [0.2, 0.25) is 0 Å². The average molecular weight is 328 g/mol. The number of fused-ring (bicyclic) bond motifs is 3. The molecule has 0 aliphatic carbocycles. The fraction of sp³-hybridized carbons (Fsp3) is 0.105. The van der Waals surface area contributed by atoms with Crippen LogP contribution in [0.4, 0.5) is 0 Å². The summed E-state index contributed by atoms with van der Waals surface area (Å²) in [5.74, 6) is 0.883. The lowest BCUT2D eigenvalue weighted by Gasteiger charge is -2.10. The van der Waals surface area contributed by atoms with E-state index in [9.17, 15) is 0 Å². The number of hydrogen-bond acceptors (Lipinski definition) is 3. The highest BCUT2D eigenvalue weighted by molar-refractivity contribution is 5.86. The molecule has 6 nitrogen and oxygen atoms in total. The van der Waals surface area contributed by atoms with Crippen molar-refractivity contribution in [3.8, 4) is 11.4 Å². The Labute approximate surface area is 143 Å². The molecule has 5 rings (SSSR count). The summed E-state index contributed by atoms with van der Waals surface area (Å²) in [6.45, 7) is 2.76. The summed E-state index contributed by atoms with van der Waals surface area (Å²) in [7, 11) is 0. The van der Waals surface area contributed by atoms with E-state index in [0.29, 0.717) is 0 Å². The predicted octanol–water partition coefficient (Wildman–Crippen LogP) is 3.43. The summed E-state index contributed by atoms with van der Waals surface area (Å²) < 4.78 is 4.40. The minimum absolute atomic E-state index is 0.783. The van der Waals surface area contributed by atoms with Gasteiger partial charge in [-0.05, 0) is 36.8 Å². The van der Waals surface area contributed by atoms with Crippen LogP contribution < -0.4 is 0 Å². The number of hydrogen-bond donors (Lipinski definition) is 1. The maximum atomic E-state index is 4.24. The van der Waals surface area contributed by atoms with E-state index < -0.39 is 0 Å². The summed E-state index contributed by atoms with van der Waals surface area (Å²) >= 11 is 0. The van der Waals surface area contributed by atoms with Crippen LogP contribution in [-0.4, -0.2) is 29.4 Å². The minimum Gasteiger partial charge on any atom is -0.333 e. The van der Waals surface area contributed by atoms with E-state index >= 15 is 0 Å². The van der Waals surface area contributed by atoms with Crippen LogP contribution in [0.25, 0.3) is 28.1 Å². The SMILES string of the molecule is Cc1nnc2ccc3c(cc(-c4ccn[nH]4)n3Cc3ccccc3)n12. The summed E-state index contributed by atoms with van der Waals surface area (Å²) in [5.41, 5.74) is 6.44. The van der Waals surface area contributed by atoms with Crippen molar-refractivity contribution >= 4 is 16.7 Å². The number of H-pyrrole nitrogens is 1. The van der Waals surface area contributed by atoms with Gasteiger partial charge in [-0.25, -0.2) is 0 Å². The molecule has 122 valence electrons. The van der Waals surface area contributed by atoms with Gasteiger partial charge in [0, 0.05) is 12.7 Å². The first-order valence-corrected chi connectivity index (χ1v) is 8.19. The highest BCUT2D eigenvalue weighted by atomic mass is 15.2. The van der Waals surface area contributed by atoms with Crippen molar-refractivity contribution in [1.29, 1.82) is 0 Å². The molecule has 0 radical (unpaired) electrons. The van der Waals surface area contributed by atoms with Crippen LogP contribution in [0, 0.1) is 6.92 Å². The molecule has 0 aliphatic heterocycles. The zero-order valence-electron chi connectivity index (χ0n) is 13.7. The third-order valence-electron chi connectivity index (χ3n) is 4.56. The first-order chi connectivity index (χ1) is 12.3. The molecule has 0 amide bonds. The largest absolute Gasteiger partial charge is 0.333 e. The molecule has 0 saturated heterocycles. The highest BCUT2D eigenvalue weighted by Gasteiger charge is 2.16. The molecule has 0 aliphatic rings. The lowest BCUT2D eigenvalue weighted by molar-refractivity contribution is 0.839. The smallest absolute Gasteiger partial charge is 0.161 e. The maximum absolute atomic E-state index is 4.24. The molecule has 0 unspecified atom stereocenters. The van der Waals surface area contributed by atoms with Gasteiger partial charge < -0.3 is 4.57 Å². The van der Waals surface area contributed by atoms with Crippen LogP contribution in [0.3, 0.4) is 0 Å². The van der Waals surface area contributed by atoms with Crippen LogP contribution in [0.15, 0.2) is 60.8 Å². The number of aromatic amines is 1. The van der Waals surface area contributed by atoms with Gasteiger partial charge in [0.05, 0.1) is 22.4 Å². The van der Waals surface area contributed by atoms with E-state index in [1.165, 1.54) is 5.56 Å². The summed E-state index contributed by atoms with van der Waals surface area (Å²) in [4.78, 5) is 0. The van der Waals surface area contributed by atoms with E-state index in [2.05, 4.69) is 65.8 Å². The standard InChI is InChI=1S/C19H16N6/c1-13-21-23-19-8-7-16-18(25(13)19)11-17(15-9-10-20-22-15)24(16)12-14-5-3-2-4-6-14/h2-11H,12H2,1H3,(H,20,22). The Morgan fingerprint density at radius 1 is 0.960 bits per heavy atom. The van der Waals surface area contributed by atoms with Crippen LogP contribution in [0.1, 0.15) is 11.4 Å². The predicted molar refractivity (Wildman–Crippen MR) is 96.3 cm³/mol. The Balaban J connectivity index is 1.82. The molecule has 0 atom stereocenters. The molecule has 0 spiro atoms. The van der Waals surface area contributed by atoms with Gasteiger partial charge in [0.15, 0.2) is 5.65 Å². The van der Waals surface area contributed by atoms with Crippen molar-refractivity contribution in [3.63, 3.8) is 0 Å². The van der Waals surface area contributed by atoms with E-state index in [1.807, 2.05) is 25.1 Å². The van der Waals surface area contributed by atoms with Gasteiger partial charge in [-0.1, -0.05) is 30.3 Å². The number of aromatic nitrogens is 6. The van der Waals surface area contributed by atoms with Gasteiger partial charge in [0.2, 0.25) is 0 Å². The summed E-state index contributed by atoms with van der Waals surface area (Å²) in [5, 5.41) is 15.7. The monoisotopic (exact) mass is 328 g/mol. The van der Waals surface area contributed by atoms with E-state index in [0.717, 1.165) is 40.4 Å². The van der Waals surface area contributed by atoms with Crippen LogP contribution in [-0.2, 0) is 6.54 Å². The zero-order chi connectivity index (χ0) is 16.8. The van der Waals surface area contributed by atoms with Crippen molar-refractivity contribution < 1.29 is 0 Å². The van der Waals surface area contributed by atoms with Gasteiger partial charge in [0.1, 0.15) is 5.82 Å². The van der Waals surface area contributed by atoms with Crippen molar-refractivity contribution in [2.75, 3.05) is 0 Å². The lowest BCUT2D eigenvalue weighted by atomic mass is 10.2. The van der Waals surface area contributed by atoms with Gasteiger partial charge in [-0.15, -0.1) is 10.2 Å². The molecule has 4 aromatic heterocycles. The number of nitrogens with one attached hydrogen (secondary N) is 1. The van der Waals surface area contributed by atoms with Gasteiger partial charge >= 0.3 is 0 Å². The fourth-order valence-corrected chi connectivity index (χ4v) is 3.40. The maximum Gasteiger partial charge on any atom is 0.161 e. The Morgan fingerprint density at radius 3 is 2.64 bits per heavy atom. The minimum atomic E-state index is 0.783. The van der Waals surface area contributed by atoms with E-state index in [4.69, 9.17) is 0 Å². The normalized spacial score (nSPS) is 11.6. The molecular formula is C19H16N6. The second kappa shape index (κ2) is 5.31. The van der Waals surface area contributed by atoms with Crippen molar-refractivity contribution in [1.82, 2.24) is 29.4 Å². The van der Waals surface area contributed by atoms with Crippen molar-refractivity contribution in [3.05, 3.63) is 72.2 Å². The van der Waals surface area contributed by atoms with Crippen molar-refractivity contribution in [2.24, 2.45) is 0 Å². The molecular weight excluding hydrogens is 312 g/mol. The summed E-state index contributed by atoms with van der Waals surface area (Å²) in [6.07, 6.45) is 1.78. The van der Waals surface area contributed by atoms with Gasteiger partial charge in [0.25, 0.3) is 0 Å². The molecule has 5 aromatic rings. The van der Waals surface area contributed by atoms with Crippen LogP contribution in [0.5, 0.6) is 0 Å². The molecule has 4 heterocycles. The number of rotatable bonds is 3. The Morgan fingerprint density at radius 2 is 1.84 bits per heavy atom. The first kappa shape index (κ1) is 14.0. The third kappa shape index (κ3) is 2.15. The molecule has 1 N–H and O–H groups in total. The third-order valence-corrected chi connectivity index (χ3v) is 4.56. The van der Waals surface area contributed by atoms with Crippen molar-refractivity contribution in [2.45, 2.75) is 13.5 Å². The van der Waals surface area contributed by atoms with E-state index in [-0.39, 0.29) is 0 Å². The second-order valence-corrected chi connectivity index (χ2v) is 6.12. The number of nitrogens with zero attached hydrogens (tertiary/aromatic N) is 5. The molecule has 0 fully saturated rings. The van der Waals surface area contributed by atoms with Crippen LogP contribution >= 0.6 is 0 Å². The second-order valence-electron chi connectivity index (χ2n) is 6.12. The molecule has 25 heavy (non-hydrogen) atoms. The number of pyridine rings is 1. The molecule has 0 bridgehead atoms. The van der Waals surface area contributed by atoms with Gasteiger partial charge in [-0.2, -0.15) is 5.10 Å². The topological polar surface area (TPSA) is 63.8 Å². The number of benzene rings is 1. The Kier molecular flexibility index (Phi) is 2.97. The molecule has 1 aromatic carbocycles. The Bertz CT molecular complexity index is 1170. The zero-order valence-corrected chi connectivity index (χ0v) is 13.7. The van der Waals surface area contributed by atoms with E-state index in [1.54, 1.807) is 6.20 Å². The molecule has 6 heteroatoms. The average Bonchev–Trinajstić information content (AvgIpc) is 3.35. The quantitative estimate of drug-likeness (QED) is 0.552. The lowest BCUT2D eigenvalue weighted by Crippen LogP contribution is -2.02.